The minimum atomic E-state index is 0.411. The summed E-state index contributed by atoms with van der Waals surface area (Å²) >= 11 is 0. The Morgan fingerprint density at radius 1 is 1.33 bits per heavy atom. The van der Waals surface area contributed by atoms with Crippen LogP contribution in [0.15, 0.2) is 22.6 Å². The van der Waals surface area contributed by atoms with E-state index in [4.69, 9.17) is 9.15 Å². The molecule has 2 atom stereocenters. The van der Waals surface area contributed by atoms with Gasteiger partial charge in [-0.2, -0.15) is 0 Å². The maximum Gasteiger partial charge on any atom is 0.137 e. The second kappa shape index (κ2) is 5.15. The Labute approximate surface area is 125 Å². The molecule has 2 aromatic rings. The average molecular weight is 285 g/mol. The normalized spacial score (nSPS) is 25.8. The topological polar surface area (TPSA) is 25.6 Å². The van der Waals surface area contributed by atoms with Gasteiger partial charge in [0.2, 0.25) is 0 Å². The maximum atomic E-state index is 6.37. The van der Waals surface area contributed by atoms with E-state index in [2.05, 4.69) is 30.0 Å². The summed E-state index contributed by atoms with van der Waals surface area (Å²) in [6.07, 6.45) is 3.63. The number of rotatable bonds is 2. The molecule has 0 aliphatic carbocycles. The second-order valence-electron chi connectivity index (χ2n) is 6.48. The third-order valence-electron chi connectivity index (χ3n) is 5.21. The quantitative estimate of drug-likeness (QED) is 0.841. The van der Waals surface area contributed by atoms with Gasteiger partial charge in [-0.3, -0.25) is 4.90 Å². The predicted octanol–water partition coefficient (Wildman–Crippen LogP) is 3.70. The van der Waals surface area contributed by atoms with Crippen LogP contribution in [-0.4, -0.2) is 31.7 Å². The van der Waals surface area contributed by atoms with Crippen molar-refractivity contribution in [3.05, 3.63) is 35.1 Å². The average Bonchev–Trinajstić information content (AvgIpc) is 2.88. The van der Waals surface area contributed by atoms with Crippen molar-refractivity contribution in [1.82, 2.24) is 4.90 Å². The van der Waals surface area contributed by atoms with E-state index in [0.717, 1.165) is 25.2 Å². The van der Waals surface area contributed by atoms with E-state index >= 15 is 0 Å². The Kier molecular flexibility index (Phi) is 3.27. The van der Waals surface area contributed by atoms with E-state index in [1.807, 2.05) is 7.11 Å². The number of benzene rings is 1. The molecule has 2 aliphatic rings. The summed E-state index contributed by atoms with van der Waals surface area (Å²) in [6.45, 7) is 5.32. The monoisotopic (exact) mass is 285 g/mol. The number of hydrogen-bond acceptors (Lipinski definition) is 3. The molecule has 112 valence electrons. The van der Waals surface area contributed by atoms with E-state index in [9.17, 15) is 0 Å². The lowest BCUT2D eigenvalue weighted by Gasteiger charge is -2.43. The van der Waals surface area contributed by atoms with Gasteiger partial charge in [0.1, 0.15) is 11.3 Å². The molecule has 21 heavy (non-hydrogen) atoms. The first-order chi connectivity index (χ1) is 10.3. The third kappa shape index (κ3) is 2.02. The summed E-state index contributed by atoms with van der Waals surface area (Å²) in [5.41, 5.74) is 3.77. The van der Waals surface area contributed by atoms with Crippen molar-refractivity contribution in [3.8, 4) is 0 Å². The van der Waals surface area contributed by atoms with Gasteiger partial charge in [0.15, 0.2) is 0 Å². The molecule has 0 saturated carbocycles. The van der Waals surface area contributed by atoms with Crippen molar-refractivity contribution >= 4 is 11.0 Å². The standard InChI is InChI=1S/C18H23NO2/c1-12-5-3-7-14-15-8-10-19-9-4-6-13(11-20-2)16(19)18(15)21-17(12)14/h3,5,7,13,16H,4,6,8-11H2,1-2H3. The molecular formula is C18H23NO2. The fourth-order valence-corrected chi connectivity index (χ4v) is 4.25. The number of hydrogen-bond donors (Lipinski definition) is 0. The minimum Gasteiger partial charge on any atom is -0.459 e. The van der Waals surface area contributed by atoms with E-state index in [0.29, 0.717) is 12.0 Å². The number of nitrogens with zero attached hydrogens (tertiary/aromatic N) is 1. The van der Waals surface area contributed by atoms with Crippen LogP contribution < -0.4 is 0 Å². The molecule has 2 aliphatic heterocycles. The smallest absolute Gasteiger partial charge is 0.137 e. The fourth-order valence-electron chi connectivity index (χ4n) is 4.25. The number of aryl methyl sites for hydroxylation is 1. The molecule has 0 radical (unpaired) electrons. The lowest BCUT2D eigenvalue weighted by molar-refractivity contribution is 0.0218. The van der Waals surface area contributed by atoms with Crippen LogP contribution in [0.2, 0.25) is 0 Å². The Hall–Kier alpha value is -1.32. The van der Waals surface area contributed by atoms with Crippen molar-refractivity contribution in [2.75, 3.05) is 26.8 Å². The van der Waals surface area contributed by atoms with Crippen molar-refractivity contribution in [2.24, 2.45) is 5.92 Å². The predicted molar refractivity (Wildman–Crippen MR) is 83.6 cm³/mol. The van der Waals surface area contributed by atoms with Crippen molar-refractivity contribution in [1.29, 1.82) is 0 Å². The molecule has 3 heteroatoms. The molecule has 1 fully saturated rings. The van der Waals surface area contributed by atoms with Gasteiger partial charge < -0.3 is 9.15 Å². The molecule has 0 spiro atoms. The Morgan fingerprint density at radius 2 is 2.24 bits per heavy atom. The lowest BCUT2D eigenvalue weighted by Crippen LogP contribution is -2.44. The second-order valence-corrected chi connectivity index (χ2v) is 6.48. The Balaban J connectivity index is 1.85. The summed E-state index contributed by atoms with van der Waals surface area (Å²) < 4.78 is 11.8. The summed E-state index contributed by atoms with van der Waals surface area (Å²) in [5, 5.41) is 1.33. The minimum absolute atomic E-state index is 0.411. The number of para-hydroxylation sites is 1. The molecule has 0 bridgehead atoms. The summed E-state index contributed by atoms with van der Waals surface area (Å²) in [7, 11) is 1.81. The Bertz CT molecular complexity index is 659. The molecule has 2 unspecified atom stereocenters. The Morgan fingerprint density at radius 3 is 3.10 bits per heavy atom. The first kappa shape index (κ1) is 13.4. The highest BCUT2D eigenvalue weighted by molar-refractivity contribution is 5.85. The SMILES string of the molecule is COCC1CCCN2CCc3c(oc4c(C)cccc34)C12. The third-order valence-corrected chi connectivity index (χ3v) is 5.21. The lowest BCUT2D eigenvalue weighted by atomic mass is 9.83. The number of fused-ring (bicyclic) bond motifs is 5. The first-order valence-corrected chi connectivity index (χ1v) is 8.03. The van der Waals surface area contributed by atoms with E-state index in [1.54, 1.807) is 0 Å². The van der Waals surface area contributed by atoms with Gasteiger partial charge in [-0.05, 0) is 38.3 Å². The van der Waals surface area contributed by atoms with Crippen LogP contribution in [0.3, 0.4) is 0 Å². The van der Waals surface area contributed by atoms with Gasteiger partial charge in [0, 0.05) is 30.5 Å². The molecule has 0 N–H and O–H groups in total. The summed E-state index contributed by atoms with van der Waals surface area (Å²) in [4.78, 5) is 2.60. The van der Waals surface area contributed by atoms with E-state index in [1.165, 1.54) is 41.7 Å². The van der Waals surface area contributed by atoms with Gasteiger partial charge in [0.25, 0.3) is 0 Å². The molecule has 1 aromatic carbocycles. The van der Waals surface area contributed by atoms with Crippen LogP contribution in [0.5, 0.6) is 0 Å². The van der Waals surface area contributed by atoms with E-state index < -0.39 is 0 Å². The van der Waals surface area contributed by atoms with Gasteiger partial charge in [-0.25, -0.2) is 0 Å². The summed E-state index contributed by atoms with van der Waals surface area (Å²) in [6, 6.07) is 6.92. The number of piperidine rings is 1. The van der Waals surface area contributed by atoms with Crippen LogP contribution in [0.1, 0.15) is 35.8 Å². The van der Waals surface area contributed by atoms with Crippen molar-refractivity contribution in [2.45, 2.75) is 32.2 Å². The molecule has 3 nitrogen and oxygen atoms in total. The number of furan rings is 1. The van der Waals surface area contributed by atoms with Crippen LogP contribution in [-0.2, 0) is 11.2 Å². The van der Waals surface area contributed by atoms with Crippen molar-refractivity contribution in [3.63, 3.8) is 0 Å². The number of methoxy groups -OCH3 is 1. The summed E-state index contributed by atoms with van der Waals surface area (Å²) in [5.74, 6) is 1.77. The zero-order chi connectivity index (χ0) is 14.4. The van der Waals surface area contributed by atoms with Crippen LogP contribution in [0.25, 0.3) is 11.0 Å². The zero-order valence-corrected chi connectivity index (χ0v) is 12.9. The maximum absolute atomic E-state index is 6.37. The van der Waals surface area contributed by atoms with E-state index in [-0.39, 0.29) is 0 Å². The van der Waals surface area contributed by atoms with Gasteiger partial charge in [-0.15, -0.1) is 0 Å². The molecule has 0 amide bonds. The zero-order valence-electron chi connectivity index (χ0n) is 12.9. The fraction of sp³-hybridized carbons (Fsp3) is 0.556. The number of ether oxygens (including phenoxy) is 1. The van der Waals surface area contributed by atoms with Crippen LogP contribution in [0.4, 0.5) is 0 Å². The largest absolute Gasteiger partial charge is 0.459 e. The first-order valence-electron chi connectivity index (χ1n) is 8.03. The highest BCUT2D eigenvalue weighted by atomic mass is 16.5. The molecule has 1 saturated heterocycles. The highest BCUT2D eigenvalue weighted by Crippen LogP contribution is 2.44. The van der Waals surface area contributed by atoms with Gasteiger partial charge in [-0.1, -0.05) is 18.2 Å². The highest BCUT2D eigenvalue weighted by Gasteiger charge is 2.39. The van der Waals surface area contributed by atoms with Crippen LogP contribution in [0, 0.1) is 12.8 Å². The van der Waals surface area contributed by atoms with Gasteiger partial charge in [0.05, 0.1) is 12.6 Å². The molecule has 1 aromatic heterocycles. The molecule has 3 heterocycles. The molecular weight excluding hydrogens is 262 g/mol. The van der Waals surface area contributed by atoms with Gasteiger partial charge >= 0.3 is 0 Å². The van der Waals surface area contributed by atoms with Crippen LogP contribution >= 0.6 is 0 Å². The van der Waals surface area contributed by atoms with Crippen molar-refractivity contribution < 1.29 is 9.15 Å². The molecule has 4 rings (SSSR count).